The molecule has 2 rings (SSSR count). The molecule has 0 radical (unpaired) electrons. The smallest absolute Gasteiger partial charge is 0.244 e. The molecule has 0 atom stereocenters. The summed E-state index contributed by atoms with van der Waals surface area (Å²) >= 11 is 0. The number of rotatable bonds is 5. The number of hydrogen-bond acceptors (Lipinski definition) is 4. The molecular weight excluding hydrogens is 288 g/mol. The second-order valence-corrected chi connectivity index (χ2v) is 6.79. The predicted octanol–water partition coefficient (Wildman–Crippen LogP) is 0.532. The van der Waals surface area contributed by atoms with E-state index in [1.807, 2.05) is 0 Å². The number of hydrogen-bond donors (Lipinski definition) is 2. The summed E-state index contributed by atoms with van der Waals surface area (Å²) in [4.78, 5) is 0.186. The average Bonchev–Trinajstić information content (AvgIpc) is 2.43. The summed E-state index contributed by atoms with van der Waals surface area (Å²) in [6.45, 7) is 0.107. The lowest BCUT2D eigenvalue weighted by atomic mass is 9.93. The molecule has 21 heavy (non-hydrogen) atoms. The lowest BCUT2D eigenvalue weighted by Crippen LogP contribution is -2.45. The zero-order valence-electron chi connectivity index (χ0n) is 11.8. The van der Waals surface area contributed by atoms with Gasteiger partial charge in [-0.15, -0.1) is 0 Å². The van der Waals surface area contributed by atoms with Crippen LogP contribution in [0.15, 0.2) is 29.2 Å². The number of aliphatic hydroxyl groups excluding tert-OH is 1. The number of aliphatic hydroxyl groups is 1. The Bertz CT molecular complexity index is 642. The molecule has 0 amide bonds. The third-order valence-electron chi connectivity index (χ3n) is 3.60. The molecule has 0 aromatic heterocycles. The van der Waals surface area contributed by atoms with Gasteiger partial charge in [0.1, 0.15) is 0 Å². The fourth-order valence-electron chi connectivity index (χ4n) is 2.34. The Morgan fingerprint density at radius 3 is 2.62 bits per heavy atom. The van der Waals surface area contributed by atoms with Gasteiger partial charge >= 0.3 is 0 Å². The molecule has 1 fully saturated rings. The summed E-state index contributed by atoms with van der Waals surface area (Å²) in [6.07, 6.45) is 2.71. The van der Waals surface area contributed by atoms with Crippen LogP contribution in [0.2, 0.25) is 0 Å². The Labute approximate surface area is 125 Å². The van der Waals surface area contributed by atoms with Crippen molar-refractivity contribution in [1.29, 1.82) is 0 Å². The van der Waals surface area contributed by atoms with E-state index in [9.17, 15) is 13.5 Å². The Balaban J connectivity index is 2.42. The zero-order valence-corrected chi connectivity index (χ0v) is 12.6. The van der Waals surface area contributed by atoms with Crippen LogP contribution in [0, 0.1) is 11.8 Å². The minimum absolute atomic E-state index is 0.0160. The van der Waals surface area contributed by atoms with Crippen LogP contribution in [0.1, 0.15) is 24.8 Å². The first-order valence-corrected chi connectivity index (χ1v) is 8.46. The molecular formula is C15H20N2O3S. The first-order chi connectivity index (χ1) is 10.1. The molecule has 0 saturated heterocycles. The van der Waals surface area contributed by atoms with Crippen LogP contribution in [0.25, 0.3) is 0 Å². The van der Waals surface area contributed by atoms with Crippen molar-refractivity contribution in [2.24, 2.45) is 5.73 Å². The highest BCUT2D eigenvalue weighted by Crippen LogP contribution is 2.30. The van der Waals surface area contributed by atoms with Crippen LogP contribution in [0.5, 0.6) is 0 Å². The van der Waals surface area contributed by atoms with Crippen LogP contribution in [0.4, 0.5) is 0 Å². The lowest BCUT2D eigenvalue weighted by molar-refractivity contribution is 0.178. The van der Waals surface area contributed by atoms with E-state index in [-0.39, 0.29) is 30.6 Å². The van der Waals surface area contributed by atoms with Gasteiger partial charge in [-0.1, -0.05) is 30.4 Å². The van der Waals surface area contributed by atoms with Crippen molar-refractivity contribution < 1.29 is 13.5 Å². The first kappa shape index (κ1) is 16.0. The van der Waals surface area contributed by atoms with Crippen molar-refractivity contribution in [3.8, 4) is 11.8 Å². The van der Waals surface area contributed by atoms with Gasteiger partial charge in [0, 0.05) is 18.2 Å². The quantitative estimate of drug-likeness (QED) is 0.777. The fourth-order valence-corrected chi connectivity index (χ4v) is 4.17. The van der Waals surface area contributed by atoms with E-state index in [0.717, 1.165) is 19.3 Å². The summed E-state index contributed by atoms with van der Waals surface area (Å²) in [5, 5.41) is 9.18. The van der Waals surface area contributed by atoms with Crippen molar-refractivity contribution in [1.82, 2.24) is 4.31 Å². The number of nitrogens with two attached hydrogens (primary N) is 1. The van der Waals surface area contributed by atoms with Gasteiger partial charge in [-0.25, -0.2) is 8.42 Å². The Morgan fingerprint density at radius 1 is 1.33 bits per heavy atom. The topological polar surface area (TPSA) is 83.6 Å². The highest BCUT2D eigenvalue weighted by atomic mass is 32.2. The van der Waals surface area contributed by atoms with E-state index >= 15 is 0 Å². The minimum atomic E-state index is -3.65. The second kappa shape index (κ2) is 7.05. The molecule has 0 spiro atoms. The standard InChI is InChI=1S/C15H20N2O3S/c16-10-4-6-13-5-1-2-9-15(13)21(19,20)17(11-12-18)14-7-3-8-14/h1-2,5,9,14,18H,3,7-8,10-12,16H2. The Morgan fingerprint density at radius 2 is 2.05 bits per heavy atom. The molecule has 0 aliphatic heterocycles. The number of sulfonamides is 1. The van der Waals surface area contributed by atoms with E-state index < -0.39 is 10.0 Å². The normalized spacial score (nSPS) is 15.4. The number of nitrogens with zero attached hydrogens (tertiary/aromatic N) is 1. The van der Waals surface area contributed by atoms with Gasteiger partial charge in [-0.3, -0.25) is 0 Å². The van der Waals surface area contributed by atoms with Gasteiger partial charge in [-0.2, -0.15) is 4.31 Å². The monoisotopic (exact) mass is 308 g/mol. The van der Waals surface area contributed by atoms with Crippen molar-refractivity contribution in [3.05, 3.63) is 29.8 Å². The highest BCUT2D eigenvalue weighted by molar-refractivity contribution is 7.89. The van der Waals surface area contributed by atoms with Crippen LogP contribution >= 0.6 is 0 Å². The summed E-state index contributed by atoms with van der Waals surface area (Å²) in [6, 6.07) is 6.64. The third-order valence-corrected chi connectivity index (χ3v) is 5.61. The van der Waals surface area contributed by atoms with Crippen molar-refractivity contribution >= 4 is 10.0 Å². The van der Waals surface area contributed by atoms with Crippen molar-refractivity contribution in [3.63, 3.8) is 0 Å². The van der Waals surface area contributed by atoms with Crippen LogP contribution in [0.3, 0.4) is 0 Å². The molecule has 1 aliphatic rings. The molecule has 5 nitrogen and oxygen atoms in total. The lowest BCUT2D eigenvalue weighted by Gasteiger charge is -2.36. The summed E-state index contributed by atoms with van der Waals surface area (Å²) in [7, 11) is -3.65. The summed E-state index contributed by atoms with van der Waals surface area (Å²) in [5.41, 5.74) is 5.80. The zero-order chi connectivity index (χ0) is 15.3. The SMILES string of the molecule is NCC#Cc1ccccc1S(=O)(=O)N(CCO)C1CCC1. The highest BCUT2D eigenvalue weighted by Gasteiger charge is 2.35. The minimum Gasteiger partial charge on any atom is -0.395 e. The molecule has 1 saturated carbocycles. The van der Waals surface area contributed by atoms with Gasteiger partial charge in [0.25, 0.3) is 0 Å². The molecule has 1 aliphatic carbocycles. The molecule has 3 N–H and O–H groups in total. The second-order valence-electron chi connectivity index (χ2n) is 4.93. The maximum atomic E-state index is 12.9. The fraction of sp³-hybridized carbons (Fsp3) is 0.467. The molecule has 114 valence electrons. The number of benzene rings is 1. The van der Waals surface area contributed by atoms with Crippen molar-refractivity contribution in [2.75, 3.05) is 19.7 Å². The molecule has 6 heteroatoms. The average molecular weight is 308 g/mol. The first-order valence-electron chi connectivity index (χ1n) is 7.02. The van der Waals surface area contributed by atoms with Gasteiger partial charge in [-0.05, 0) is 25.0 Å². The van der Waals surface area contributed by atoms with E-state index in [0.29, 0.717) is 5.56 Å². The summed E-state index contributed by atoms with van der Waals surface area (Å²) < 4.78 is 27.1. The third kappa shape index (κ3) is 3.44. The molecule has 1 aromatic rings. The van der Waals surface area contributed by atoms with Crippen molar-refractivity contribution in [2.45, 2.75) is 30.2 Å². The molecule has 1 aromatic carbocycles. The van der Waals surface area contributed by atoms with Gasteiger partial charge < -0.3 is 10.8 Å². The van der Waals surface area contributed by atoms with Gasteiger partial charge in [0.05, 0.1) is 18.0 Å². The summed E-state index contributed by atoms with van der Waals surface area (Å²) in [5.74, 6) is 5.50. The van der Waals surface area contributed by atoms with E-state index in [4.69, 9.17) is 5.73 Å². The Kier molecular flexibility index (Phi) is 5.37. The van der Waals surface area contributed by atoms with Gasteiger partial charge in [0.15, 0.2) is 0 Å². The maximum absolute atomic E-state index is 12.9. The van der Waals surface area contributed by atoms with Crippen LogP contribution in [-0.4, -0.2) is 43.6 Å². The largest absolute Gasteiger partial charge is 0.395 e. The Hall–Kier alpha value is -1.39. The maximum Gasteiger partial charge on any atom is 0.244 e. The van der Waals surface area contributed by atoms with Crippen LogP contribution in [-0.2, 0) is 10.0 Å². The molecule has 0 unspecified atom stereocenters. The van der Waals surface area contributed by atoms with E-state index in [2.05, 4.69) is 11.8 Å². The van der Waals surface area contributed by atoms with E-state index in [1.54, 1.807) is 24.3 Å². The van der Waals surface area contributed by atoms with E-state index in [1.165, 1.54) is 4.31 Å². The predicted molar refractivity (Wildman–Crippen MR) is 81.0 cm³/mol. The van der Waals surface area contributed by atoms with Gasteiger partial charge in [0.2, 0.25) is 10.0 Å². The molecule has 0 heterocycles. The molecule has 0 bridgehead atoms. The van der Waals surface area contributed by atoms with Crippen LogP contribution < -0.4 is 5.73 Å².